The number of nitrogens with zero attached hydrogens (tertiary/aromatic N) is 3. The molecule has 0 saturated carbocycles. The van der Waals surface area contributed by atoms with Gasteiger partial charge >= 0.3 is 0 Å². The van der Waals surface area contributed by atoms with Gasteiger partial charge in [-0.1, -0.05) is 35.9 Å². The number of benzene rings is 2. The molecule has 0 aliphatic rings. The second-order valence-electron chi connectivity index (χ2n) is 8.09. The van der Waals surface area contributed by atoms with Gasteiger partial charge in [-0.05, 0) is 50.1 Å². The topological polar surface area (TPSA) is 106 Å². The predicted molar refractivity (Wildman–Crippen MR) is 118 cm³/mol. The summed E-state index contributed by atoms with van der Waals surface area (Å²) in [6, 6.07) is 11.9. The summed E-state index contributed by atoms with van der Waals surface area (Å²) in [6.45, 7) is 6.09. The molecule has 0 unspecified atom stereocenters. The van der Waals surface area contributed by atoms with Gasteiger partial charge < -0.3 is 5.32 Å². The van der Waals surface area contributed by atoms with Crippen molar-refractivity contribution in [3.05, 3.63) is 76.8 Å². The van der Waals surface area contributed by atoms with Crippen LogP contribution in [0.25, 0.3) is 0 Å². The number of nitrogens with one attached hydrogen (secondary N) is 2. The number of aromatic nitrogens is 3. The van der Waals surface area contributed by atoms with Crippen LogP contribution in [0.3, 0.4) is 0 Å². The van der Waals surface area contributed by atoms with Crippen LogP contribution >= 0.6 is 11.6 Å². The van der Waals surface area contributed by atoms with Gasteiger partial charge in [0.25, 0.3) is 5.91 Å². The van der Waals surface area contributed by atoms with E-state index in [-0.39, 0.29) is 15.5 Å². The van der Waals surface area contributed by atoms with Crippen molar-refractivity contribution in [2.24, 2.45) is 0 Å². The Morgan fingerprint density at radius 1 is 1.10 bits per heavy atom. The first-order valence-corrected chi connectivity index (χ1v) is 11.4. The number of sulfonamides is 1. The summed E-state index contributed by atoms with van der Waals surface area (Å²) < 4.78 is 29.5. The maximum Gasteiger partial charge on any atom is 0.251 e. The highest BCUT2D eigenvalue weighted by Crippen LogP contribution is 2.24. The number of rotatable bonds is 7. The fraction of sp³-hybridized carbons (Fsp3) is 0.286. The van der Waals surface area contributed by atoms with Gasteiger partial charge in [0, 0.05) is 17.6 Å². The number of amides is 1. The molecule has 0 spiro atoms. The van der Waals surface area contributed by atoms with Crippen LogP contribution in [0.1, 0.15) is 42.3 Å². The SMILES string of the molecule is CC(C)(C)NS(=O)(=O)c1cc(C(=O)NCc2ccc(Cn3cncn3)cc2)ccc1Cl. The van der Waals surface area contributed by atoms with E-state index in [9.17, 15) is 13.2 Å². The standard InChI is InChI=1S/C21H24ClN5O3S/c1-21(2,3)26-31(29,30)19-10-17(8-9-18(19)22)20(28)24-11-15-4-6-16(7-5-15)12-27-14-23-13-25-27/h4-10,13-14,26H,11-12H2,1-3H3,(H,24,28). The van der Waals surface area contributed by atoms with Gasteiger partial charge in [-0.25, -0.2) is 22.8 Å². The molecule has 1 aromatic heterocycles. The molecule has 2 aromatic carbocycles. The van der Waals surface area contributed by atoms with E-state index in [1.165, 1.54) is 24.5 Å². The monoisotopic (exact) mass is 461 g/mol. The second kappa shape index (κ2) is 9.17. The summed E-state index contributed by atoms with van der Waals surface area (Å²) in [5, 5.41) is 6.92. The molecule has 0 saturated heterocycles. The summed E-state index contributed by atoms with van der Waals surface area (Å²) in [6.07, 6.45) is 3.13. The van der Waals surface area contributed by atoms with Crippen LogP contribution in [0.2, 0.25) is 5.02 Å². The van der Waals surface area contributed by atoms with Gasteiger partial charge in [0.1, 0.15) is 17.6 Å². The van der Waals surface area contributed by atoms with Crippen LogP contribution in [0.4, 0.5) is 0 Å². The molecule has 1 amide bonds. The second-order valence-corrected chi connectivity index (χ2v) is 10.2. The Balaban J connectivity index is 1.67. The normalized spacial score (nSPS) is 12.0. The lowest BCUT2D eigenvalue weighted by atomic mass is 10.1. The zero-order valence-corrected chi connectivity index (χ0v) is 19.0. The number of hydrogen-bond donors (Lipinski definition) is 2. The highest BCUT2D eigenvalue weighted by atomic mass is 35.5. The quantitative estimate of drug-likeness (QED) is 0.562. The first-order valence-electron chi connectivity index (χ1n) is 9.55. The molecule has 8 nitrogen and oxygen atoms in total. The average Bonchev–Trinajstić information content (AvgIpc) is 3.18. The van der Waals surface area contributed by atoms with E-state index < -0.39 is 21.5 Å². The van der Waals surface area contributed by atoms with Gasteiger partial charge in [-0.3, -0.25) is 4.79 Å². The van der Waals surface area contributed by atoms with Gasteiger partial charge in [-0.15, -0.1) is 0 Å². The highest BCUT2D eigenvalue weighted by molar-refractivity contribution is 7.89. The molecule has 3 aromatic rings. The third kappa shape index (κ3) is 6.36. The molecular formula is C21H24ClN5O3S. The molecule has 0 fully saturated rings. The molecule has 1 heterocycles. The fourth-order valence-electron chi connectivity index (χ4n) is 2.86. The largest absolute Gasteiger partial charge is 0.348 e. The van der Waals surface area contributed by atoms with E-state index in [2.05, 4.69) is 20.1 Å². The Labute approximate surface area is 186 Å². The lowest BCUT2D eigenvalue weighted by Crippen LogP contribution is -2.40. The van der Waals surface area contributed by atoms with Crippen molar-refractivity contribution in [2.75, 3.05) is 0 Å². The van der Waals surface area contributed by atoms with Crippen molar-refractivity contribution in [1.29, 1.82) is 0 Å². The fourth-order valence-corrected chi connectivity index (χ4v) is 4.80. The van der Waals surface area contributed by atoms with E-state index in [1.807, 2.05) is 24.3 Å². The van der Waals surface area contributed by atoms with Crippen molar-refractivity contribution >= 4 is 27.5 Å². The summed E-state index contributed by atoms with van der Waals surface area (Å²) in [5.74, 6) is -0.393. The van der Waals surface area contributed by atoms with Crippen molar-refractivity contribution in [1.82, 2.24) is 24.8 Å². The van der Waals surface area contributed by atoms with Crippen LogP contribution < -0.4 is 10.0 Å². The number of halogens is 1. The zero-order chi connectivity index (χ0) is 22.6. The van der Waals surface area contributed by atoms with Crippen molar-refractivity contribution in [3.63, 3.8) is 0 Å². The Kier molecular flexibility index (Phi) is 6.78. The van der Waals surface area contributed by atoms with Crippen LogP contribution in [0.5, 0.6) is 0 Å². The molecule has 0 radical (unpaired) electrons. The maximum atomic E-state index is 12.6. The minimum absolute atomic E-state index is 0.0521. The lowest BCUT2D eigenvalue weighted by Gasteiger charge is -2.21. The highest BCUT2D eigenvalue weighted by Gasteiger charge is 2.25. The molecule has 10 heteroatoms. The van der Waals surface area contributed by atoms with E-state index in [0.717, 1.165) is 11.1 Å². The minimum Gasteiger partial charge on any atom is -0.348 e. The van der Waals surface area contributed by atoms with Crippen LogP contribution in [0, 0.1) is 0 Å². The van der Waals surface area contributed by atoms with Gasteiger partial charge in [0.2, 0.25) is 10.0 Å². The minimum atomic E-state index is -3.87. The van der Waals surface area contributed by atoms with Crippen LogP contribution in [-0.2, 0) is 23.1 Å². The van der Waals surface area contributed by atoms with Crippen LogP contribution in [-0.4, -0.2) is 34.6 Å². The summed E-state index contributed by atoms with van der Waals surface area (Å²) in [5.41, 5.74) is 1.49. The Morgan fingerprint density at radius 3 is 2.39 bits per heavy atom. The van der Waals surface area contributed by atoms with Crippen LogP contribution in [0.15, 0.2) is 60.0 Å². The Hall–Kier alpha value is -2.75. The van der Waals surface area contributed by atoms with Crippen molar-refractivity contribution in [3.8, 4) is 0 Å². The smallest absolute Gasteiger partial charge is 0.251 e. The Morgan fingerprint density at radius 2 is 1.77 bits per heavy atom. The first-order chi connectivity index (χ1) is 14.5. The summed E-state index contributed by atoms with van der Waals surface area (Å²) in [7, 11) is -3.87. The van der Waals surface area contributed by atoms with Gasteiger partial charge in [0.15, 0.2) is 0 Å². The van der Waals surface area contributed by atoms with Gasteiger partial charge in [0.05, 0.1) is 11.6 Å². The Bertz CT molecular complexity index is 1150. The van der Waals surface area contributed by atoms with Crippen molar-refractivity contribution in [2.45, 2.75) is 44.3 Å². The number of hydrogen-bond acceptors (Lipinski definition) is 5. The third-order valence-electron chi connectivity index (χ3n) is 4.21. The number of carbonyl (C=O) groups excluding carboxylic acids is 1. The molecular weight excluding hydrogens is 438 g/mol. The zero-order valence-electron chi connectivity index (χ0n) is 17.5. The first kappa shape index (κ1) is 22.9. The van der Waals surface area contributed by atoms with E-state index in [4.69, 9.17) is 11.6 Å². The molecule has 0 atom stereocenters. The molecule has 164 valence electrons. The predicted octanol–water partition coefficient (Wildman–Crippen LogP) is 2.99. The molecule has 0 bridgehead atoms. The molecule has 3 rings (SSSR count). The summed E-state index contributed by atoms with van der Waals surface area (Å²) in [4.78, 5) is 16.4. The number of carbonyl (C=O) groups is 1. The van der Waals surface area contributed by atoms with E-state index in [0.29, 0.717) is 13.1 Å². The van der Waals surface area contributed by atoms with Crippen molar-refractivity contribution < 1.29 is 13.2 Å². The molecule has 31 heavy (non-hydrogen) atoms. The van der Waals surface area contributed by atoms with Gasteiger partial charge in [-0.2, -0.15) is 5.10 Å². The molecule has 0 aliphatic carbocycles. The summed E-state index contributed by atoms with van der Waals surface area (Å²) >= 11 is 6.09. The third-order valence-corrected chi connectivity index (χ3v) is 6.45. The maximum absolute atomic E-state index is 12.6. The van der Waals surface area contributed by atoms with E-state index in [1.54, 1.807) is 31.8 Å². The lowest BCUT2D eigenvalue weighted by molar-refractivity contribution is 0.0950. The molecule has 2 N–H and O–H groups in total. The molecule has 0 aliphatic heterocycles. The van der Waals surface area contributed by atoms with E-state index >= 15 is 0 Å². The average molecular weight is 462 g/mol.